The molecule has 120 valence electrons. The Balaban J connectivity index is 1.85. The molecule has 0 N–H and O–H groups in total. The van der Waals surface area contributed by atoms with E-state index in [1.54, 1.807) is 6.92 Å². The lowest BCUT2D eigenvalue weighted by Crippen LogP contribution is -1.98. The first-order chi connectivity index (χ1) is 11.6. The van der Waals surface area contributed by atoms with Crippen LogP contribution in [0.2, 0.25) is 10.2 Å². The molecule has 0 atom stereocenters. The molecule has 0 saturated carbocycles. The van der Waals surface area contributed by atoms with Gasteiger partial charge in [0.25, 0.3) is 0 Å². The minimum Gasteiger partial charge on any atom is -0.330 e. The summed E-state index contributed by atoms with van der Waals surface area (Å²) in [7, 11) is 0. The van der Waals surface area contributed by atoms with E-state index in [1.807, 2.05) is 53.1 Å². The van der Waals surface area contributed by atoms with Crippen molar-refractivity contribution in [2.75, 3.05) is 0 Å². The Morgan fingerprint density at radius 2 is 1.79 bits per heavy atom. The summed E-state index contributed by atoms with van der Waals surface area (Å²) in [4.78, 5) is 11.9. The normalized spacial score (nSPS) is 10.5. The number of para-hydroxylation sites is 1. The van der Waals surface area contributed by atoms with Crippen LogP contribution in [0.3, 0.4) is 0 Å². The van der Waals surface area contributed by atoms with Crippen LogP contribution in [0.1, 0.15) is 29.3 Å². The molecule has 0 amide bonds. The number of benzene rings is 2. The number of ketones is 1. The Morgan fingerprint density at radius 3 is 2.50 bits per heavy atom. The standard InChI is InChI=1S/C20H15Cl2NO/c1-14(24)19-17-7-2-3-8-18(17)23(20(19)22)13-5-4-6-15-9-11-16(21)12-10-15/h2-3,7-12H,5,13H2,1H3. The fourth-order valence-corrected chi connectivity index (χ4v) is 3.23. The summed E-state index contributed by atoms with van der Waals surface area (Å²) >= 11 is 12.3. The zero-order valence-corrected chi connectivity index (χ0v) is 14.7. The molecule has 0 saturated heterocycles. The summed E-state index contributed by atoms with van der Waals surface area (Å²) < 4.78 is 1.95. The van der Waals surface area contributed by atoms with Crippen LogP contribution in [0.5, 0.6) is 0 Å². The lowest BCUT2D eigenvalue weighted by molar-refractivity contribution is 0.101. The number of hydrogen-bond donors (Lipinski definition) is 0. The fraction of sp³-hybridized carbons (Fsp3) is 0.150. The van der Waals surface area contributed by atoms with Gasteiger partial charge in [0, 0.05) is 34.5 Å². The summed E-state index contributed by atoms with van der Waals surface area (Å²) in [5, 5.41) is 2.07. The van der Waals surface area contributed by atoms with Crippen molar-refractivity contribution in [1.82, 2.24) is 4.57 Å². The SMILES string of the molecule is CC(=O)c1c(Cl)n(CCC#Cc2ccc(Cl)cc2)c2ccccc12. The first kappa shape index (κ1) is 16.6. The maximum absolute atomic E-state index is 11.9. The molecule has 0 bridgehead atoms. The Morgan fingerprint density at radius 1 is 1.08 bits per heavy atom. The van der Waals surface area contributed by atoms with Gasteiger partial charge in [0.15, 0.2) is 5.78 Å². The van der Waals surface area contributed by atoms with E-state index in [-0.39, 0.29) is 5.78 Å². The summed E-state index contributed by atoms with van der Waals surface area (Å²) in [6, 6.07) is 15.2. The van der Waals surface area contributed by atoms with E-state index in [4.69, 9.17) is 23.2 Å². The van der Waals surface area contributed by atoms with E-state index in [0.717, 1.165) is 16.5 Å². The number of halogens is 2. The molecule has 4 heteroatoms. The van der Waals surface area contributed by atoms with Crippen molar-refractivity contribution in [3.63, 3.8) is 0 Å². The van der Waals surface area contributed by atoms with E-state index in [0.29, 0.717) is 28.7 Å². The van der Waals surface area contributed by atoms with Crippen molar-refractivity contribution < 1.29 is 4.79 Å². The minimum atomic E-state index is -0.0257. The third-order valence-electron chi connectivity index (χ3n) is 3.80. The molecular weight excluding hydrogens is 341 g/mol. The lowest BCUT2D eigenvalue weighted by atomic mass is 10.1. The number of rotatable bonds is 3. The van der Waals surface area contributed by atoms with Crippen molar-refractivity contribution in [3.05, 3.63) is 69.8 Å². The molecule has 3 aromatic rings. The Kier molecular flexibility index (Phi) is 4.94. The third-order valence-corrected chi connectivity index (χ3v) is 4.44. The van der Waals surface area contributed by atoms with Crippen LogP contribution in [0.15, 0.2) is 48.5 Å². The van der Waals surface area contributed by atoms with Gasteiger partial charge in [0.1, 0.15) is 5.15 Å². The fourth-order valence-electron chi connectivity index (χ4n) is 2.69. The van der Waals surface area contributed by atoms with Gasteiger partial charge in [-0.2, -0.15) is 0 Å². The highest BCUT2D eigenvalue weighted by molar-refractivity contribution is 6.35. The number of fused-ring (bicyclic) bond motifs is 1. The molecule has 0 radical (unpaired) electrons. The Bertz CT molecular complexity index is 959. The van der Waals surface area contributed by atoms with Crippen molar-refractivity contribution in [3.8, 4) is 11.8 Å². The van der Waals surface area contributed by atoms with E-state index in [2.05, 4.69) is 11.8 Å². The lowest BCUT2D eigenvalue weighted by Gasteiger charge is -2.04. The molecule has 0 unspecified atom stereocenters. The summed E-state index contributed by atoms with van der Waals surface area (Å²) in [5.41, 5.74) is 2.46. The minimum absolute atomic E-state index is 0.0257. The van der Waals surface area contributed by atoms with Crippen molar-refractivity contribution in [2.45, 2.75) is 19.9 Å². The van der Waals surface area contributed by atoms with E-state index < -0.39 is 0 Å². The molecule has 0 spiro atoms. The predicted molar refractivity (Wildman–Crippen MR) is 99.9 cm³/mol. The van der Waals surface area contributed by atoms with Crippen molar-refractivity contribution in [1.29, 1.82) is 0 Å². The van der Waals surface area contributed by atoms with Crippen LogP contribution in [0.25, 0.3) is 10.9 Å². The highest BCUT2D eigenvalue weighted by Crippen LogP contribution is 2.30. The average molecular weight is 356 g/mol. The molecule has 1 heterocycles. The highest BCUT2D eigenvalue weighted by Gasteiger charge is 2.17. The molecule has 24 heavy (non-hydrogen) atoms. The zero-order chi connectivity index (χ0) is 17.1. The van der Waals surface area contributed by atoms with Gasteiger partial charge in [-0.05, 0) is 37.3 Å². The number of aromatic nitrogens is 1. The second-order valence-electron chi connectivity index (χ2n) is 5.45. The monoisotopic (exact) mass is 355 g/mol. The number of hydrogen-bond acceptors (Lipinski definition) is 1. The smallest absolute Gasteiger partial charge is 0.163 e. The first-order valence-electron chi connectivity index (χ1n) is 7.60. The first-order valence-corrected chi connectivity index (χ1v) is 8.35. The second-order valence-corrected chi connectivity index (χ2v) is 6.24. The van der Waals surface area contributed by atoms with Crippen LogP contribution in [-0.2, 0) is 6.54 Å². The Hall–Kier alpha value is -2.21. The largest absolute Gasteiger partial charge is 0.330 e. The highest BCUT2D eigenvalue weighted by atomic mass is 35.5. The van der Waals surface area contributed by atoms with Crippen molar-refractivity contribution >= 4 is 39.9 Å². The van der Waals surface area contributed by atoms with E-state index in [1.165, 1.54) is 0 Å². The van der Waals surface area contributed by atoms with Gasteiger partial charge in [-0.25, -0.2) is 0 Å². The number of carbonyl (C=O) groups is 1. The van der Waals surface area contributed by atoms with Crippen LogP contribution >= 0.6 is 23.2 Å². The molecule has 0 aliphatic rings. The molecule has 0 aliphatic heterocycles. The maximum atomic E-state index is 11.9. The van der Waals surface area contributed by atoms with Gasteiger partial charge >= 0.3 is 0 Å². The predicted octanol–water partition coefficient (Wildman–Crippen LogP) is 5.59. The van der Waals surface area contributed by atoms with Crippen LogP contribution in [0.4, 0.5) is 0 Å². The van der Waals surface area contributed by atoms with Gasteiger partial charge in [0.2, 0.25) is 0 Å². The molecule has 1 aromatic heterocycles. The number of Topliss-reactive ketones (excluding diaryl/α,β-unsaturated/α-hetero) is 1. The zero-order valence-electron chi connectivity index (χ0n) is 13.1. The van der Waals surface area contributed by atoms with Gasteiger partial charge in [0.05, 0.1) is 5.56 Å². The quantitative estimate of drug-likeness (QED) is 0.443. The summed E-state index contributed by atoms with van der Waals surface area (Å²) in [5.74, 6) is 6.22. The number of aryl methyl sites for hydroxylation is 1. The molecular formula is C20H15Cl2NO. The third kappa shape index (κ3) is 3.33. The number of carbonyl (C=O) groups excluding carboxylic acids is 1. The molecule has 2 nitrogen and oxygen atoms in total. The van der Waals surface area contributed by atoms with Crippen LogP contribution in [0, 0.1) is 11.8 Å². The average Bonchev–Trinajstić information content (AvgIpc) is 2.85. The Labute approximate surface area is 151 Å². The van der Waals surface area contributed by atoms with E-state index >= 15 is 0 Å². The summed E-state index contributed by atoms with van der Waals surface area (Å²) in [6.45, 7) is 2.17. The topological polar surface area (TPSA) is 22.0 Å². The van der Waals surface area contributed by atoms with Gasteiger partial charge in [-0.1, -0.05) is 53.2 Å². The second kappa shape index (κ2) is 7.13. The molecule has 3 rings (SSSR count). The molecule has 0 fully saturated rings. The van der Waals surface area contributed by atoms with Crippen molar-refractivity contribution in [2.24, 2.45) is 0 Å². The van der Waals surface area contributed by atoms with Crippen LogP contribution < -0.4 is 0 Å². The molecule has 2 aromatic carbocycles. The maximum Gasteiger partial charge on any atom is 0.163 e. The van der Waals surface area contributed by atoms with E-state index in [9.17, 15) is 4.79 Å². The number of nitrogens with zero attached hydrogens (tertiary/aromatic N) is 1. The van der Waals surface area contributed by atoms with Gasteiger partial charge in [-0.15, -0.1) is 0 Å². The van der Waals surface area contributed by atoms with Gasteiger partial charge < -0.3 is 4.57 Å². The van der Waals surface area contributed by atoms with Crippen LogP contribution in [-0.4, -0.2) is 10.4 Å². The molecule has 0 aliphatic carbocycles. The van der Waals surface area contributed by atoms with Gasteiger partial charge in [-0.3, -0.25) is 4.79 Å². The summed E-state index contributed by atoms with van der Waals surface area (Å²) in [6.07, 6.45) is 0.637.